The van der Waals surface area contributed by atoms with E-state index in [-0.39, 0.29) is 17.2 Å². The fourth-order valence-electron chi connectivity index (χ4n) is 4.95. The van der Waals surface area contributed by atoms with Crippen molar-refractivity contribution in [1.29, 1.82) is 0 Å². The van der Waals surface area contributed by atoms with Gasteiger partial charge in [0.25, 0.3) is 0 Å². The van der Waals surface area contributed by atoms with E-state index in [4.69, 9.17) is 14.2 Å². The third kappa shape index (κ3) is 14.2. The van der Waals surface area contributed by atoms with Crippen LogP contribution in [-0.2, 0) is 12.8 Å². The van der Waals surface area contributed by atoms with Crippen molar-refractivity contribution in [1.82, 2.24) is 0 Å². The minimum Gasteiger partial charge on any atom is -0.502 e. The summed E-state index contributed by atoms with van der Waals surface area (Å²) in [4.78, 5) is 11.6. The van der Waals surface area contributed by atoms with Gasteiger partial charge in [-0.3, -0.25) is 0 Å². The number of aromatic hydroxyl groups is 1. The smallest absolute Gasteiger partial charge is 0.502 e. The highest BCUT2D eigenvalue weighted by molar-refractivity contribution is 5.71. The van der Waals surface area contributed by atoms with Crippen LogP contribution in [0, 0.1) is 0 Å². The van der Waals surface area contributed by atoms with Crippen molar-refractivity contribution < 1.29 is 29.2 Å². The van der Waals surface area contributed by atoms with Gasteiger partial charge in [-0.25, -0.2) is 4.79 Å². The summed E-state index contributed by atoms with van der Waals surface area (Å²) in [5, 5.41) is 20.8. The van der Waals surface area contributed by atoms with Crippen LogP contribution in [-0.4, -0.2) is 29.6 Å². The number of benzene rings is 1. The summed E-state index contributed by atoms with van der Waals surface area (Å²) < 4.78 is 17.8. The number of carboxylic acid groups (broad SMARTS) is 1. The minimum atomic E-state index is -1.43. The van der Waals surface area contributed by atoms with Crippen LogP contribution in [0.4, 0.5) is 4.79 Å². The number of unbranched alkanes of at least 4 members (excludes halogenated alkanes) is 14. The second-order valence-electron chi connectivity index (χ2n) is 10.8. The zero-order valence-electron chi connectivity index (χ0n) is 25.6. The van der Waals surface area contributed by atoms with Crippen LogP contribution in [0.3, 0.4) is 0 Å². The highest BCUT2D eigenvalue weighted by atomic mass is 16.7. The molecule has 0 fully saturated rings. The largest absolute Gasteiger partial charge is 0.511 e. The molecule has 0 atom stereocenters. The maximum atomic E-state index is 11.6. The summed E-state index contributed by atoms with van der Waals surface area (Å²) in [5.41, 5.74) is 1.67. The van der Waals surface area contributed by atoms with E-state index in [0.29, 0.717) is 25.4 Å². The van der Waals surface area contributed by atoms with Gasteiger partial charge in [-0.1, -0.05) is 118 Å². The Hall–Kier alpha value is -2.11. The summed E-state index contributed by atoms with van der Waals surface area (Å²) in [7, 11) is 0. The molecule has 1 aromatic carbocycles. The van der Waals surface area contributed by atoms with E-state index in [1.807, 2.05) is 0 Å². The van der Waals surface area contributed by atoms with Crippen molar-refractivity contribution in [2.75, 3.05) is 13.2 Å². The summed E-state index contributed by atoms with van der Waals surface area (Å²) in [5.74, 6) is 0.589. The summed E-state index contributed by atoms with van der Waals surface area (Å²) in [6.07, 6.45) is 20.1. The Balaban J connectivity index is 3.17. The molecule has 0 aliphatic rings. The third-order valence-corrected chi connectivity index (χ3v) is 7.29. The highest BCUT2D eigenvalue weighted by Crippen LogP contribution is 2.50. The second kappa shape index (κ2) is 22.7. The van der Waals surface area contributed by atoms with Crippen molar-refractivity contribution in [3.8, 4) is 23.0 Å². The zero-order valence-corrected chi connectivity index (χ0v) is 25.6. The van der Waals surface area contributed by atoms with E-state index in [9.17, 15) is 15.0 Å². The van der Waals surface area contributed by atoms with Crippen LogP contribution in [0.2, 0.25) is 0 Å². The van der Waals surface area contributed by atoms with Gasteiger partial charge in [0.1, 0.15) is 0 Å². The van der Waals surface area contributed by atoms with Gasteiger partial charge in [0, 0.05) is 11.1 Å². The van der Waals surface area contributed by atoms with Crippen LogP contribution < -0.4 is 14.2 Å². The molecule has 0 bridgehead atoms. The lowest BCUT2D eigenvalue weighted by molar-refractivity contribution is 0.141. The maximum absolute atomic E-state index is 11.6. The molecule has 0 aliphatic heterocycles. The number of phenolic OH excluding ortho intramolecular Hbond substituents is 1. The Morgan fingerprint density at radius 2 is 0.923 bits per heavy atom. The van der Waals surface area contributed by atoms with Gasteiger partial charge in [0.2, 0.25) is 11.5 Å². The Morgan fingerprint density at radius 3 is 1.36 bits per heavy atom. The van der Waals surface area contributed by atoms with Crippen LogP contribution in [0.5, 0.6) is 23.0 Å². The fourth-order valence-corrected chi connectivity index (χ4v) is 4.95. The Bertz CT molecular complexity index is 776. The average molecular weight is 551 g/mol. The SMILES string of the molecule is CCCCCCCCCOc1c(O)c(OC(=O)O)c(CCCC)c(CCCC)c1OCCCCCCCCC. The van der Waals surface area contributed by atoms with E-state index >= 15 is 0 Å². The number of ether oxygens (including phenoxy) is 3. The van der Waals surface area contributed by atoms with Crippen LogP contribution in [0.15, 0.2) is 0 Å². The number of phenols is 1. The molecular formula is C33H58O6. The van der Waals surface area contributed by atoms with Crippen LogP contribution in [0.25, 0.3) is 0 Å². The molecule has 39 heavy (non-hydrogen) atoms. The first kappa shape index (κ1) is 34.9. The molecule has 0 amide bonds. The monoisotopic (exact) mass is 550 g/mol. The lowest BCUT2D eigenvalue weighted by Crippen LogP contribution is -2.12. The minimum absolute atomic E-state index is 0.0138. The summed E-state index contributed by atoms with van der Waals surface area (Å²) >= 11 is 0. The molecule has 0 unspecified atom stereocenters. The molecule has 226 valence electrons. The van der Waals surface area contributed by atoms with E-state index in [0.717, 1.165) is 68.9 Å². The molecule has 0 aromatic heterocycles. The molecule has 6 heteroatoms. The Labute approximate surface area is 238 Å². The molecular weight excluding hydrogens is 492 g/mol. The number of hydrogen-bond acceptors (Lipinski definition) is 5. The first-order valence-corrected chi connectivity index (χ1v) is 16.1. The highest BCUT2D eigenvalue weighted by Gasteiger charge is 2.28. The standard InChI is InChI=1S/C33H58O6/c1-5-9-13-15-17-19-21-25-37-31-28(24-12-8-4)27(23-11-7-3)30(39-33(35)36)29(34)32(31)38-26-22-20-18-16-14-10-6-2/h34H,5-26H2,1-4H3,(H,35,36). The summed E-state index contributed by atoms with van der Waals surface area (Å²) in [6.45, 7) is 9.68. The van der Waals surface area contributed by atoms with E-state index in [2.05, 4.69) is 27.7 Å². The number of carbonyl (C=O) groups is 1. The van der Waals surface area contributed by atoms with Crippen molar-refractivity contribution in [2.45, 2.75) is 156 Å². The molecule has 0 saturated carbocycles. The predicted octanol–water partition coefficient (Wildman–Crippen LogP) is 10.4. The van der Waals surface area contributed by atoms with Crippen molar-refractivity contribution >= 4 is 6.16 Å². The lowest BCUT2D eigenvalue weighted by Gasteiger charge is -2.23. The van der Waals surface area contributed by atoms with Crippen molar-refractivity contribution in [2.24, 2.45) is 0 Å². The average Bonchev–Trinajstić information content (AvgIpc) is 2.92. The Kier molecular flexibility index (Phi) is 20.3. The summed E-state index contributed by atoms with van der Waals surface area (Å²) in [6, 6.07) is 0. The molecule has 0 heterocycles. The predicted molar refractivity (Wildman–Crippen MR) is 161 cm³/mol. The first-order chi connectivity index (χ1) is 19.0. The van der Waals surface area contributed by atoms with Crippen LogP contribution >= 0.6 is 0 Å². The maximum Gasteiger partial charge on any atom is 0.511 e. The molecule has 2 N–H and O–H groups in total. The number of hydrogen-bond donors (Lipinski definition) is 2. The van der Waals surface area contributed by atoms with Gasteiger partial charge < -0.3 is 24.4 Å². The molecule has 0 saturated heterocycles. The van der Waals surface area contributed by atoms with E-state index in [1.165, 1.54) is 64.2 Å². The molecule has 0 radical (unpaired) electrons. The van der Waals surface area contributed by atoms with Crippen molar-refractivity contribution in [3.05, 3.63) is 11.1 Å². The van der Waals surface area contributed by atoms with Gasteiger partial charge in [0.05, 0.1) is 13.2 Å². The van der Waals surface area contributed by atoms with E-state index < -0.39 is 6.16 Å². The number of rotatable bonds is 25. The molecule has 1 aromatic rings. The normalized spacial score (nSPS) is 11.1. The van der Waals surface area contributed by atoms with Gasteiger partial charge in [0.15, 0.2) is 11.5 Å². The second-order valence-corrected chi connectivity index (χ2v) is 10.8. The van der Waals surface area contributed by atoms with Crippen molar-refractivity contribution in [3.63, 3.8) is 0 Å². The van der Waals surface area contributed by atoms with Gasteiger partial charge in [-0.05, 0) is 38.5 Å². The quantitative estimate of drug-likeness (QED) is 0.0715. The zero-order chi connectivity index (χ0) is 28.7. The molecule has 1 rings (SSSR count). The van der Waals surface area contributed by atoms with Gasteiger partial charge in [-0.2, -0.15) is 0 Å². The first-order valence-electron chi connectivity index (χ1n) is 16.1. The fraction of sp³-hybridized carbons (Fsp3) is 0.788. The molecule has 0 spiro atoms. The van der Waals surface area contributed by atoms with E-state index in [1.54, 1.807) is 0 Å². The molecule has 6 nitrogen and oxygen atoms in total. The van der Waals surface area contributed by atoms with Gasteiger partial charge >= 0.3 is 6.16 Å². The molecule has 0 aliphatic carbocycles. The van der Waals surface area contributed by atoms with Gasteiger partial charge in [-0.15, -0.1) is 0 Å². The third-order valence-electron chi connectivity index (χ3n) is 7.29. The lowest BCUT2D eigenvalue weighted by atomic mass is 9.94. The van der Waals surface area contributed by atoms with Crippen LogP contribution in [0.1, 0.15) is 154 Å². The Morgan fingerprint density at radius 1 is 0.538 bits per heavy atom. The topological polar surface area (TPSA) is 85.2 Å².